The fourth-order valence-electron chi connectivity index (χ4n) is 1.03. The second-order valence-corrected chi connectivity index (χ2v) is 3.36. The van der Waals surface area contributed by atoms with E-state index < -0.39 is 18.0 Å². The summed E-state index contributed by atoms with van der Waals surface area (Å²) in [4.78, 5) is 3.82. The Balaban J connectivity index is 2.91. The van der Waals surface area contributed by atoms with E-state index in [1.807, 2.05) is 0 Å². The van der Waals surface area contributed by atoms with E-state index in [9.17, 15) is 14.6 Å². The molecule has 0 saturated heterocycles. The molecule has 0 fully saturated rings. The molecule has 0 bridgehead atoms. The lowest BCUT2D eigenvalue weighted by Gasteiger charge is -2.15. The zero-order valence-corrected chi connectivity index (χ0v) is 8.58. The highest BCUT2D eigenvalue weighted by Gasteiger charge is 2.18. The van der Waals surface area contributed by atoms with Gasteiger partial charge >= 0.3 is 0 Å². The van der Waals surface area contributed by atoms with Gasteiger partial charge in [0.05, 0.1) is 17.5 Å². The van der Waals surface area contributed by atoms with Crippen LogP contribution in [-0.4, -0.2) is 27.1 Å². The van der Waals surface area contributed by atoms with Crippen molar-refractivity contribution in [2.75, 3.05) is 5.75 Å². The highest BCUT2D eigenvalue weighted by Crippen LogP contribution is 2.16. The summed E-state index contributed by atoms with van der Waals surface area (Å²) in [5.74, 6) is -0.305. The van der Waals surface area contributed by atoms with Gasteiger partial charge in [-0.3, -0.25) is 4.98 Å². The molecule has 0 aliphatic rings. The smallest absolute Gasteiger partial charge is 0.144 e. The standard InChI is InChI=1S/C9H12FNO2S/c1-5-6(10)2-3-7(11-5)9(13)8(12)4-14/h2-3,8-9,12-14H,4H2,1H3. The molecular formula is C9H12FNO2S. The van der Waals surface area contributed by atoms with E-state index in [0.29, 0.717) is 0 Å². The van der Waals surface area contributed by atoms with E-state index in [1.165, 1.54) is 19.1 Å². The van der Waals surface area contributed by atoms with Crippen LogP contribution in [0.1, 0.15) is 17.5 Å². The molecule has 2 atom stereocenters. The molecule has 3 nitrogen and oxygen atoms in total. The van der Waals surface area contributed by atoms with Crippen molar-refractivity contribution in [1.82, 2.24) is 4.98 Å². The second kappa shape index (κ2) is 4.72. The molecule has 0 radical (unpaired) electrons. The molecule has 0 aliphatic carbocycles. The average Bonchev–Trinajstić information content (AvgIpc) is 2.20. The van der Waals surface area contributed by atoms with Crippen LogP contribution in [0.25, 0.3) is 0 Å². The number of thiol groups is 1. The van der Waals surface area contributed by atoms with Crippen molar-refractivity contribution in [3.63, 3.8) is 0 Å². The third-order valence-electron chi connectivity index (χ3n) is 1.90. The lowest BCUT2D eigenvalue weighted by Crippen LogP contribution is -2.21. The molecule has 2 N–H and O–H groups in total. The number of aliphatic hydroxyl groups is 2. The normalized spacial score (nSPS) is 15.2. The number of aliphatic hydroxyl groups excluding tert-OH is 2. The number of hydrogen-bond acceptors (Lipinski definition) is 4. The van der Waals surface area contributed by atoms with Crippen LogP contribution in [0.2, 0.25) is 0 Å². The first kappa shape index (κ1) is 11.4. The Kier molecular flexibility index (Phi) is 3.86. The molecule has 5 heteroatoms. The van der Waals surface area contributed by atoms with E-state index in [2.05, 4.69) is 17.6 Å². The van der Waals surface area contributed by atoms with Crippen LogP contribution in [0.4, 0.5) is 4.39 Å². The molecule has 0 spiro atoms. The Bertz CT molecular complexity index is 322. The lowest BCUT2D eigenvalue weighted by atomic mass is 10.1. The van der Waals surface area contributed by atoms with Crippen LogP contribution in [0.3, 0.4) is 0 Å². The number of halogens is 1. The van der Waals surface area contributed by atoms with Gasteiger partial charge in [0.25, 0.3) is 0 Å². The van der Waals surface area contributed by atoms with Crippen LogP contribution in [0.15, 0.2) is 12.1 Å². The van der Waals surface area contributed by atoms with Crippen molar-refractivity contribution >= 4 is 12.6 Å². The Morgan fingerprint density at radius 2 is 2.14 bits per heavy atom. The van der Waals surface area contributed by atoms with Gasteiger partial charge in [-0.25, -0.2) is 4.39 Å². The zero-order chi connectivity index (χ0) is 10.7. The highest BCUT2D eigenvalue weighted by atomic mass is 32.1. The van der Waals surface area contributed by atoms with Gasteiger partial charge in [-0.15, -0.1) is 0 Å². The molecule has 2 unspecified atom stereocenters. The molecule has 1 aromatic heterocycles. The van der Waals surface area contributed by atoms with Gasteiger partial charge < -0.3 is 10.2 Å². The van der Waals surface area contributed by atoms with Gasteiger partial charge in [0.1, 0.15) is 11.9 Å². The maximum atomic E-state index is 12.8. The number of aryl methyl sites for hydroxylation is 1. The summed E-state index contributed by atoms with van der Waals surface area (Å²) in [5.41, 5.74) is 0.457. The Morgan fingerprint density at radius 3 is 2.64 bits per heavy atom. The first-order valence-electron chi connectivity index (χ1n) is 4.16. The minimum absolute atomic E-state index is 0.124. The number of aromatic nitrogens is 1. The minimum atomic E-state index is -1.12. The van der Waals surface area contributed by atoms with Crippen molar-refractivity contribution in [1.29, 1.82) is 0 Å². The van der Waals surface area contributed by atoms with E-state index in [1.54, 1.807) is 0 Å². The molecule has 78 valence electrons. The van der Waals surface area contributed by atoms with Gasteiger partial charge in [-0.1, -0.05) is 0 Å². The van der Waals surface area contributed by atoms with Crippen LogP contribution >= 0.6 is 12.6 Å². The molecule has 0 saturated carbocycles. The summed E-state index contributed by atoms with van der Waals surface area (Å²) in [6, 6.07) is 2.56. The summed E-state index contributed by atoms with van der Waals surface area (Å²) in [6.45, 7) is 1.50. The van der Waals surface area contributed by atoms with E-state index in [4.69, 9.17) is 0 Å². The van der Waals surface area contributed by atoms with Gasteiger partial charge in [0, 0.05) is 5.75 Å². The van der Waals surface area contributed by atoms with Gasteiger partial charge in [-0.2, -0.15) is 12.6 Å². The van der Waals surface area contributed by atoms with Crippen molar-refractivity contribution in [2.24, 2.45) is 0 Å². The predicted octanol–water partition coefficient (Wildman–Crippen LogP) is 0.853. The second-order valence-electron chi connectivity index (χ2n) is 3.00. The third-order valence-corrected chi connectivity index (χ3v) is 2.27. The zero-order valence-electron chi connectivity index (χ0n) is 7.68. The maximum Gasteiger partial charge on any atom is 0.144 e. The van der Waals surface area contributed by atoms with E-state index in [0.717, 1.165) is 0 Å². The highest BCUT2D eigenvalue weighted by molar-refractivity contribution is 7.80. The summed E-state index contributed by atoms with van der Waals surface area (Å²) in [6.07, 6.45) is -2.11. The van der Waals surface area contributed by atoms with Crippen molar-refractivity contribution in [3.05, 3.63) is 29.3 Å². The number of pyridine rings is 1. The quantitative estimate of drug-likeness (QED) is 0.658. The Labute approximate surface area is 87.0 Å². The summed E-state index contributed by atoms with van der Waals surface area (Å²) in [5, 5.41) is 18.8. The Hall–Kier alpha value is -0.650. The van der Waals surface area contributed by atoms with E-state index in [-0.39, 0.29) is 17.1 Å². The lowest BCUT2D eigenvalue weighted by molar-refractivity contribution is 0.0308. The monoisotopic (exact) mass is 217 g/mol. The minimum Gasteiger partial charge on any atom is -0.389 e. The molecule has 14 heavy (non-hydrogen) atoms. The molecule has 0 aromatic carbocycles. The van der Waals surface area contributed by atoms with Crippen molar-refractivity contribution < 1.29 is 14.6 Å². The third kappa shape index (κ3) is 2.43. The summed E-state index contributed by atoms with van der Waals surface area (Å²) >= 11 is 3.84. The molecule has 1 aromatic rings. The summed E-state index contributed by atoms with van der Waals surface area (Å²) in [7, 11) is 0. The first-order chi connectivity index (χ1) is 6.56. The predicted molar refractivity (Wildman–Crippen MR) is 53.8 cm³/mol. The molecule has 1 heterocycles. The van der Waals surface area contributed by atoms with Crippen LogP contribution in [0, 0.1) is 12.7 Å². The fraction of sp³-hybridized carbons (Fsp3) is 0.444. The number of hydrogen-bond donors (Lipinski definition) is 3. The molecule has 0 amide bonds. The molecular weight excluding hydrogens is 205 g/mol. The van der Waals surface area contributed by atoms with Gasteiger partial charge in [-0.05, 0) is 19.1 Å². The molecule has 1 rings (SSSR count). The Morgan fingerprint density at radius 1 is 1.50 bits per heavy atom. The number of rotatable bonds is 3. The average molecular weight is 217 g/mol. The van der Waals surface area contributed by atoms with E-state index >= 15 is 0 Å². The van der Waals surface area contributed by atoms with Crippen molar-refractivity contribution in [2.45, 2.75) is 19.1 Å². The number of nitrogens with zero attached hydrogens (tertiary/aromatic N) is 1. The van der Waals surface area contributed by atoms with Crippen LogP contribution in [-0.2, 0) is 0 Å². The maximum absolute atomic E-state index is 12.8. The van der Waals surface area contributed by atoms with Gasteiger partial charge in [0.2, 0.25) is 0 Å². The van der Waals surface area contributed by atoms with Crippen LogP contribution in [0.5, 0.6) is 0 Å². The first-order valence-corrected chi connectivity index (χ1v) is 4.79. The largest absolute Gasteiger partial charge is 0.389 e. The van der Waals surface area contributed by atoms with Crippen LogP contribution < -0.4 is 0 Å². The summed E-state index contributed by atoms with van der Waals surface area (Å²) < 4.78 is 12.8. The topological polar surface area (TPSA) is 53.4 Å². The fourth-order valence-corrected chi connectivity index (χ4v) is 1.22. The van der Waals surface area contributed by atoms with Gasteiger partial charge in [0.15, 0.2) is 0 Å². The SMILES string of the molecule is Cc1nc(C(O)C(O)CS)ccc1F. The van der Waals surface area contributed by atoms with Crippen molar-refractivity contribution in [3.8, 4) is 0 Å². The molecule has 0 aliphatic heterocycles.